The molecule has 2 saturated heterocycles. The van der Waals surface area contributed by atoms with Crippen molar-refractivity contribution in [3.8, 4) is 0 Å². The van der Waals surface area contributed by atoms with E-state index in [4.69, 9.17) is 23.7 Å². The molecule has 40 heavy (non-hydrogen) atoms. The zero-order chi connectivity index (χ0) is 29.5. The van der Waals surface area contributed by atoms with Gasteiger partial charge in [0, 0.05) is 6.61 Å². The second-order valence-corrected chi connectivity index (χ2v) is 10.7. The number of unbranched alkanes of at least 4 members (excludes halogenated alkanes) is 8. The maximum atomic E-state index is 11.5. The van der Waals surface area contributed by atoms with E-state index in [1.807, 2.05) is 0 Å². The number of ether oxygens (including phenoxy) is 5. The van der Waals surface area contributed by atoms with E-state index < -0.39 is 73.9 Å². The van der Waals surface area contributed by atoms with Gasteiger partial charge in [0.15, 0.2) is 11.9 Å². The van der Waals surface area contributed by atoms with Crippen LogP contribution in [0.5, 0.6) is 0 Å². The maximum absolute atomic E-state index is 11.5. The largest absolute Gasteiger partial charge is 0.394 e. The molecular formula is C27H52O13. The van der Waals surface area contributed by atoms with Crippen molar-refractivity contribution in [1.82, 2.24) is 0 Å². The minimum absolute atomic E-state index is 0.0501. The molecule has 10 atom stereocenters. The first-order valence-corrected chi connectivity index (χ1v) is 14.7. The summed E-state index contributed by atoms with van der Waals surface area (Å²) >= 11 is 0. The Hall–Kier alpha value is -0.520. The van der Waals surface area contributed by atoms with Crippen LogP contribution in [0.3, 0.4) is 0 Å². The Bertz CT molecular complexity index is 656. The Morgan fingerprint density at radius 1 is 0.600 bits per heavy atom. The van der Waals surface area contributed by atoms with Crippen molar-refractivity contribution in [2.75, 3.05) is 46.2 Å². The smallest absolute Gasteiger partial charge is 0.192 e. The Morgan fingerprint density at radius 2 is 1.12 bits per heavy atom. The van der Waals surface area contributed by atoms with Crippen molar-refractivity contribution >= 4 is 0 Å². The lowest BCUT2D eigenvalue weighted by molar-refractivity contribution is -0.386. The summed E-state index contributed by atoms with van der Waals surface area (Å²) in [5.41, 5.74) is -2.66. The van der Waals surface area contributed by atoms with Crippen LogP contribution < -0.4 is 0 Å². The normalized spacial score (nSPS) is 36.7. The average molecular weight is 585 g/mol. The van der Waals surface area contributed by atoms with Crippen LogP contribution in [0.15, 0.2) is 0 Å². The summed E-state index contributed by atoms with van der Waals surface area (Å²) in [5, 5.41) is 82.4. The monoisotopic (exact) mass is 584 g/mol. The number of aliphatic hydroxyl groups is 8. The highest BCUT2D eigenvalue weighted by atomic mass is 16.7. The van der Waals surface area contributed by atoms with E-state index in [0.717, 1.165) is 12.8 Å². The average Bonchev–Trinajstić information content (AvgIpc) is 2.95. The summed E-state index contributed by atoms with van der Waals surface area (Å²) in [5.74, 6) is 0. The number of hydrogen-bond donors (Lipinski definition) is 8. The Kier molecular flexibility index (Phi) is 16.9. The first kappa shape index (κ1) is 35.7. The summed E-state index contributed by atoms with van der Waals surface area (Å²) in [4.78, 5) is 0. The van der Waals surface area contributed by atoms with Crippen molar-refractivity contribution in [2.45, 2.75) is 125 Å². The molecule has 13 heteroatoms. The van der Waals surface area contributed by atoms with Gasteiger partial charge in [-0.3, -0.25) is 0 Å². The first-order chi connectivity index (χ1) is 19.2. The molecule has 2 heterocycles. The van der Waals surface area contributed by atoms with E-state index in [1.54, 1.807) is 0 Å². The second-order valence-electron chi connectivity index (χ2n) is 10.7. The van der Waals surface area contributed by atoms with Crippen LogP contribution in [0.4, 0.5) is 0 Å². The molecule has 0 spiro atoms. The molecule has 238 valence electrons. The molecule has 2 rings (SSSR count). The molecule has 8 N–H and O–H groups in total. The van der Waals surface area contributed by atoms with Gasteiger partial charge in [-0.15, -0.1) is 0 Å². The minimum Gasteiger partial charge on any atom is -0.394 e. The number of aliphatic hydroxyl groups excluding tert-OH is 7. The fraction of sp³-hybridized carbons (Fsp3) is 1.00. The van der Waals surface area contributed by atoms with Crippen LogP contribution in [0.1, 0.15) is 64.7 Å². The lowest BCUT2D eigenvalue weighted by Crippen LogP contribution is -2.77. The van der Waals surface area contributed by atoms with Crippen LogP contribution in [-0.2, 0) is 23.7 Å². The number of rotatable bonds is 20. The summed E-state index contributed by atoms with van der Waals surface area (Å²) in [6.45, 7) is 1.98. The third-order valence-electron chi connectivity index (χ3n) is 7.64. The molecule has 0 aliphatic carbocycles. The highest BCUT2D eigenvalue weighted by molar-refractivity contribution is 5.10. The Morgan fingerprint density at radius 3 is 1.73 bits per heavy atom. The van der Waals surface area contributed by atoms with E-state index in [0.29, 0.717) is 19.8 Å². The highest BCUT2D eigenvalue weighted by Crippen LogP contribution is 2.39. The van der Waals surface area contributed by atoms with Gasteiger partial charge in [0.1, 0.15) is 48.8 Å². The number of hydrogen-bond acceptors (Lipinski definition) is 13. The summed E-state index contributed by atoms with van der Waals surface area (Å²) < 4.78 is 27.5. The van der Waals surface area contributed by atoms with Crippen molar-refractivity contribution < 1.29 is 64.5 Å². The molecule has 2 aliphatic heterocycles. The van der Waals surface area contributed by atoms with Crippen LogP contribution in [0, 0.1) is 0 Å². The lowest BCUT2D eigenvalue weighted by Gasteiger charge is -2.54. The first-order valence-electron chi connectivity index (χ1n) is 14.7. The van der Waals surface area contributed by atoms with Crippen LogP contribution in [0.25, 0.3) is 0 Å². The van der Waals surface area contributed by atoms with E-state index in [2.05, 4.69) is 6.92 Å². The van der Waals surface area contributed by atoms with Crippen LogP contribution in [-0.4, -0.2) is 148 Å². The van der Waals surface area contributed by atoms with Crippen molar-refractivity contribution in [3.63, 3.8) is 0 Å². The topological polar surface area (TPSA) is 208 Å². The standard InChI is InChI=1S/C27H52O13/c1-2-3-4-5-6-7-8-9-10-11-36-12-13-37-14-15-38-26-27(35,24(34)21(31)19(17-29)40-26)25-23(33)22(32)20(30)18(16-28)39-25/h18-26,28-35H,2-17H2,1H3/t18-,19-,20+,21-,22+,23-,24+,25-,26+,27+/m1/s1. The van der Waals surface area contributed by atoms with Gasteiger partial charge >= 0.3 is 0 Å². The van der Waals surface area contributed by atoms with Crippen molar-refractivity contribution in [2.24, 2.45) is 0 Å². The van der Waals surface area contributed by atoms with E-state index in [1.165, 1.54) is 44.9 Å². The molecule has 0 aromatic heterocycles. The molecule has 0 aromatic rings. The molecule has 0 bridgehead atoms. The molecule has 0 saturated carbocycles. The maximum Gasteiger partial charge on any atom is 0.192 e. The molecule has 0 amide bonds. The zero-order valence-corrected chi connectivity index (χ0v) is 23.6. The highest BCUT2D eigenvalue weighted by Gasteiger charge is 2.64. The molecule has 0 unspecified atom stereocenters. The fourth-order valence-electron chi connectivity index (χ4n) is 5.13. The zero-order valence-electron chi connectivity index (χ0n) is 23.6. The van der Waals surface area contributed by atoms with Gasteiger partial charge in [-0.1, -0.05) is 58.3 Å². The SMILES string of the molecule is CCCCCCCCCCCOCCOCCO[C@H]1O[C@H](CO)[C@@H](O)[C@H](O)[C@]1(O)[C@@H]1O[C@H](CO)[C@H](O)[C@H](O)[C@H]1O. The predicted molar refractivity (Wildman–Crippen MR) is 141 cm³/mol. The molecular weight excluding hydrogens is 532 g/mol. The fourth-order valence-corrected chi connectivity index (χ4v) is 5.13. The summed E-state index contributed by atoms with van der Waals surface area (Å²) in [7, 11) is 0. The third-order valence-corrected chi connectivity index (χ3v) is 7.64. The van der Waals surface area contributed by atoms with Crippen molar-refractivity contribution in [1.29, 1.82) is 0 Å². The summed E-state index contributed by atoms with van der Waals surface area (Å²) in [6.07, 6.45) is -4.53. The van der Waals surface area contributed by atoms with Gasteiger partial charge in [0.2, 0.25) is 0 Å². The van der Waals surface area contributed by atoms with Gasteiger partial charge in [-0.05, 0) is 6.42 Å². The molecule has 13 nitrogen and oxygen atoms in total. The van der Waals surface area contributed by atoms with Crippen LogP contribution >= 0.6 is 0 Å². The van der Waals surface area contributed by atoms with E-state index >= 15 is 0 Å². The molecule has 2 aliphatic rings. The third kappa shape index (κ3) is 9.76. The second kappa shape index (κ2) is 18.9. The molecule has 0 radical (unpaired) electrons. The van der Waals surface area contributed by atoms with E-state index in [-0.39, 0.29) is 13.2 Å². The van der Waals surface area contributed by atoms with Gasteiger partial charge in [0.25, 0.3) is 0 Å². The minimum atomic E-state index is -2.66. The van der Waals surface area contributed by atoms with Gasteiger partial charge < -0.3 is 64.5 Å². The molecule has 0 aromatic carbocycles. The van der Waals surface area contributed by atoms with E-state index in [9.17, 15) is 40.9 Å². The Labute approximate surface area is 236 Å². The molecule has 2 fully saturated rings. The van der Waals surface area contributed by atoms with Gasteiger partial charge in [-0.25, -0.2) is 0 Å². The summed E-state index contributed by atoms with van der Waals surface area (Å²) in [6, 6.07) is 0. The van der Waals surface area contributed by atoms with Crippen molar-refractivity contribution in [3.05, 3.63) is 0 Å². The Balaban J connectivity index is 1.75. The van der Waals surface area contributed by atoms with Crippen LogP contribution in [0.2, 0.25) is 0 Å². The van der Waals surface area contributed by atoms with Gasteiger partial charge in [0.05, 0.1) is 39.6 Å². The quantitative estimate of drug-likeness (QED) is 0.0774. The van der Waals surface area contributed by atoms with Gasteiger partial charge in [-0.2, -0.15) is 0 Å². The predicted octanol–water partition coefficient (Wildman–Crippen LogP) is -1.42. The lowest BCUT2D eigenvalue weighted by atomic mass is 9.76.